The van der Waals surface area contributed by atoms with Crippen LogP contribution in [0.25, 0.3) is 0 Å². The number of aromatic nitrogens is 2. The molecule has 1 aliphatic rings. The van der Waals surface area contributed by atoms with Gasteiger partial charge in [0, 0.05) is 31.9 Å². The molecule has 2 heterocycles. The first kappa shape index (κ1) is 17.3. The van der Waals surface area contributed by atoms with Gasteiger partial charge in [-0.25, -0.2) is 4.79 Å². The van der Waals surface area contributed by atoms with Gasteiger partial charge in [0.05, 0.1) is 6.04 Å². The second kappa shape index (κ2) is 6.78. The fourth-order valence-corrected chi connectivity index (χ4v) is 3.09. The zero-order valence-electron chi connectivity index (χ0n) is 15.3. The molecule has 6 heteroatoms. The molecule has 6 nitrogen and oxygen atoms in total. The number of carbonyl (C=O) groups excluding carboxylic acids is 1. The number of nitrogens with zero attached hydrogens (tertiary/aromatic N) is 3. The molecule has 25 heavy (non-hydrogen) atoms. The van der Waals surface area contributed by atoms with E-state index in [4.69, 9.17) is 4.74 Å². The number of benzene rings is 1. The number of alkyl carbamates (subject to hydrolysis) is 1. The van der Waals surface area contributed by atoms with E-state index in [1.807, 2.05) is 52.2 Å². The van der Waals surface area contributed by atoms with Crippen molar-refractivity contribution in [2.75, 3.05) is 11.4 Å². The topological polar surface area (TPSA) is 59.4 Å². The van der Waals surface area contributed by atoms with Gasteiger partial charge in [-0.2, -0.15) is 5.10 Å². The molecule has 1 unspecified atom stereocenters. The number of hydrogen-bond acceptors (Lipinski definition) is 4. The molecule has 1 atom stereocenters. The SMILES string of the molecule is Cn1cc2c(n1)N(Cc1ccccc1)CCC2NC(=O)OC(C)(C)C. The first-order valence-electron chi connectivity index (χ1n) is 8.64. The zero-order valence-corrected chi connectivity index (χ0v) is 15.3. The van der Waals surface area contributed by atoms with Gasteiger partial charge in [0.15, 0.2) is 5.82 Å². The minimum atomic E-state index is -0.504. The van der Waals surface area contributed by atoms with Crippen LogP contribution in [0, 0.1) is 0 Å². The predicted molar refractivity (Wildman–Crippen MR) is 97.4 cm³/mol. The van der Waals surface area contributed by atoms with Gasteiger partial charge in [-0.1, -0.05) is 30.3 Å². The van der Waals surface area contributed by atoms with E-state index >= 15 is 0 Å². The summed E-state index contributed by atoms with van der Waals surface area (Å²) in [7, 11) is 1.91. The normalized spacial score (nSPS) is 17.1. The lowest BCUT2D eigenvalue weighted by Gasteiger charge is -2.33. The summed E-state index contributed by atoms with van der Waals surface area (Å²) in [6.45, 7) is 7.24. The van der Waals surface area contributed by atoms with Crippen molar-refractivity contribution in [2.24, 2.45) is 7.05 Å². The van der Waals surface area contributed by atoms with Crippen LogP contribution in [-0.4, -0.2) is 28.0 Å². The van der Waals surface area contributed by atoms with Crippen LogP contribution in [0.2, 0.25) is 0 Å². The molecule has 0 radical (unpaired) electrons. The highest BCUT2D eigenvalue weighted by Gasteiger charge is 2.30. The van der Waals surface area contributed by atoms with Crippen LogP contribution in [0.1, 0.15) is 44.4 Å². The van der Waals surface area contributed by atoms with Crippen molar-refractivity contribution in [3.05, 3.63) is 47.7 Å². The van der Waals surface area contributed by atoms with E-state index in [9.17, 15) is 4.79 Å². The van der Waals surface area contributed by atoms with Crippen molar-refractivity contribution in [2.45, 2.75) is 45.4 Å². The van der Waals surface area contributed by atoms with E-state index in [-0.39, 0.29) is 12.1 Å². The van der Waals surface area contributed by atoms with Gasteiger partial charge in [0.25, 0.3) is 0 Å². The summed E-state index contributed by atoms with van der Waals surface area (Å²) in [5.74, 6) is 0.929. The standard InChI is InChI=1S/C19H26N4O2/c1-19(2,3)25-18(24)20-16-10-11-23(12-14-8-6-5-7-9-14)17-15(16)13-22(4)21-17/h5-9,13,16H,10-12H2,1-4H3,(H,20,24). The maximum Gasteiger partial charge on any atom is 0.408 e. The molecule has 0 spiro atoms. The fourth-order valence-electron chi connectivity index (χ4n) is 3.09. The zero-order chi connectivity index (χ0) is 18.0. The maximum atomic E-state index is 12.1. The highest BCUT2D eigenvalue weighted by Crippen LogP contribution is 2.33. The molecular weight excluding hydrogens is 316 g/mol. The monoisotopic (exact) mass is 342 g/mol. The van der Waals surface area contributed by atoms with Gasteiger partial charge in [0.2, 0.25) is 0 Å². The Balaban J connectivity index is 1.75. The fraction of sp³-hybridized carbons (Fsp3) is 0.474. The van der Waals surface area contributed by atoms with Crippen LogP contribution in [0.4, 0.5) is 10.6 Å². The maximum absolute atomic E-state index is 12.1. The molecule has 2 aromatic rings. The lowest BCUT2D eigenvalue weighted by atomic mass is 10.0. The molecule has 0 bridgehead atoms. The van der Waals surface area contributed by atoms with E-state index in [1.165, 1.54) is 5.56 Å². The lowest BCUT2D eigenvalue weighted by Crippen LogP contribution is -2.39. The second-order valence-corrected chi connectivity index (χ2v) is 7.48. The summed E-state index contributed by atoms with van der Waals surface area (Å²) in [6, 6.07) is 10.3. The number of nitrogens with one attached hydrogen (secondary N) is 1. The Labute approximate surface area is 148 Å². The van der Waals surface area contributed by atoms with E-state index in [0.717, 1.165) is 30.9 Å². The summed E-state index contributed by atoms with van der Waals surface area (Å²) in [6.07, 6.45) is 2.42. The number of aryl methyl sites for hydroxylation is 1. The van der Waals surface area contributed by atoms with Crippen LogP contribution < -0.4 is 10.2 Å². The number of hydrogen-bond donors (Lipinski definition) is 1. The Hall–Kier alpha value is -2.50. The predicted octanol–water partition coefficient (Wildman–Crippen LogP) is 3.40. The van der Waals surface area contributed by atoms with Gasteiger partial charge in [0.1, 0.15) is 5.60 Å². The van der Waals surface area contributed by atoms with E-state index in [1.54, 1.807) is 4.68 Å². The molecule has 0 aliphatic carbocycles. The van der Waals surface area contributed by atoms with Crippen molar-refractivity contribution < 1.29 is 9.53 Å². The van der Waals surface area contributed by atoms with E-state index < -0.39 is 5.60 Å². The van der Waals surface area contributed by atoms with Gasteiger partial charge in [-0.3, -0.25) is 4.68 Å². The van der Waals surface area contributed by atoms with Gasteiger partial charge >= 0.3 is 6.09 Å². The van der Waals surface area contributed by atoms with Crippen LogP contribution in [0.5, 0.6) is 0 Å². The van der Waals surface area contributed by atoms with Crippen LogP contribution in [0.15, 0.2) is 36.5 Å². The third-order valence-corrected chi connectivity index (χ3v) is 4.11. The number of fused-ring (bicyclic) bond motifs is 1. The molecule has 1 amide bonds. The van der Waals surface area contributed by atoms with Crippen LogP contribution in [-0.2, 0) is 18.3 Å². The Morgan fingerprint density at radius 3 is 2.72 bits per heavy atom. The van der Waals surface area contributed by atoms with E-state index in [0.29, 0.717) is 0 Å². The minimum absolute atomic E-state index is 0.0782. The number of anilines is 1. The third-order valence-electron chi connectivity index (χ3n) is 4.11. The summed E-state index contributed by atoms with van der Waals surface area (Å²) in [4.78, 5) is 14.4. The lowest BCUT2D eigenvalue weighted by molar-refractivity contribution is 0.0500. The number of carbonyl (C=O) groups is 1. The van der Waals surface area contributed by atoms with Crippen molar-refractivity contribution in [1.29, 1.82) is 0 Å². The quantitative estimate of drug-likeness (QED) is 0.929. The Kier molecular flexibility index (Phi) is 4.70. The molecule has 0 saturated heterocycles. The highest BCUT2D eigenvalue weighted by atomic mass is 16.6. The largest absolute Gasteiger partial charge is 0.444 e. The number of rotatable bonds is 3. The third kappa shape index (κ3) is 4.32. The molecule has 0 saturated carbocycles. The Morgan fingerprint density at radius 1 is 1.32 bits per heavy atom. The molecule has 1 aromatic carbocycles. The molecule has 3 rings (SSSR count). The van der Waals surface area contributed by atoms with Crippen molar-refractivity contribution in [3.63, 3.8) is 0 Å². The average Bonchev–Trinajstić information content (AvgIpc) is 2.91. The molecule has 134 valence electrons. The number of ether oxygens (including phenoxy) is 1. The average molecular weight is 342 g/mol. The van der Waals surface area contributed by atoms with Crippen molar-refractivity contribution in [3.8, 4) is 0 Å². The van der Waals surface area contributed by atoms with Crippen LogP contribution in [0.3, 0.4) is 0 Å². The summed E-state index contributed by atoms with van der Waals surface area (Å²) < 4.78 is 7.20. The van der Waals surface area contributed by atoms with Gasteiger partial charge < -0.3 is 15.0 Å². The second-order valence-electron chi connectivity index (χ2n) is 7.48. The van der Waals surface area contributed by atoms with E-state index in [2.05, 4.69) is 27.4 Å². The smallest absolute Gasteiger partial charge is 0.408 e. The first-order valence-corrected chi connectivity index (χ1v) is 8.64. The minimum Gasteiger partial charge on any atom is -0.444 e. The number of amides is 1. The molecule has 1 N–H and O–H groups in total. The summed E-state index contributed by atoms with van der Waals surface area (Å²) >= 11 is 0. The molecule has 0 fully saturated rings. The highest BCUT2D eigenvalue weighted by molar-refractivity contribution is 5.69. The van der Waals surface area contributed by atoms with Crippen molar-refractivity contribution >= 4 is 11.9 Å². The van der Waals surface area contributed by atoms with Gasteiger partial charge in [-0.15, -0.1) is 0 Å². The van der Waals surface area contributed by atoms with Crippen molar-refractivity contribution in [1.82, 2.24) is 15.1 Å². The Morgan fingerprint density at radius 2 is 2.04 bits per heavy atom. The van der Waals surface area contributed by atoms with Crippen LogP contribution >= 0.6 is 0 Å². The first-order chi connectivity index (χ1) is 11.8. The molecule has 1 aliphatic heterocycles. The Bertz CT molecular complexity index is 734. The molecule has 1 aromatic heterocycles. The molecular formula is C19H26N4O2. The summed E-state index contributed by atoms with van der Waals surface area (Å²) in [5, 5.41) is 7.60. The summed E-state index contributed by atoms with van der Waals surface area (Å²) in [5.41, 5.74) is 1.78. The van der Waals surface area contributed by atoms with Gasteiger partial charge in [-0.05, 0) is 32.8 Å².